The Hall–Kier alpha value is -1.65. The summed E-state index contributed by atoms with van der Waals surface area (Å²) in [6.07, 6.45) is 0.793. The summed E-state index contributed by atoms with van der Waals surface area (Å²) in [6.45, 7) is 6.25. The van der Waals surface area contributed by atoms with Gasteiger partial charge in [-0.2, -0.15) is 0 Å². The van der Waals surface area contributed by atoms with Crippen molar-refractivity contribution in [1.82, 2.24) is 0 Å². The summed E-state index contributed by atoms with van der Waals surface area (Å²) in [5.41, 5.74) is 5.25. The molecule has 1 aromatic carbocycles. The van der Waals surface area contributed by atoms with E-state index in [1.54, 1.807) is 4.90 Å². The molecule has 1 unspecified atom stereocenters. The molecule has 3 N–H and O–H groups in total. The van der Waals surface area contributed by atoms with Gasteiger partial charge in [-0.1, -0.05) is 6.92 Å². The highest BCUT2D eigenvalue weighted by Gasteiger charge is 2.20. The summed E-state index contributed by atoms with van der Waals surface area (Å²) < 4.78 is 27.9. The number of nitrogens with one attached hydrogen (secondary N) is 1. The van der Waals surface area contributed by atoms with Crippen molar-refractivity contribution in [3.63, 3.8) is 0 Å². The summed E-state index contributed by atoms with van der Waals surface area (Å²) in [4.78, 5) is 1.68. The maximum atomic E-state index is 14.0. The fourth-order valence-corrected chi connectivity index (χ4v) is 1.91. The molecule has 0 heterocycles. The molecule has 1 atom stereocenters. The second-order valence-corrected chi connectivity index (χ2v) is 4.25. The Morgan fingerprint density at radius 2 is 1.83 bits per heavy atom. The van der Waals surface area contributed by atoms with Crippen LogP contribution in [0.2, 0.25) is 0 Å². The summed E-state index contributed by atoms with van der Waals surface area (Å²) in [5.74, 6) is -1.70. The number of rotatable bonds is 5. The molecular weight excluding hydrogens is 236 g/mol. The SMILES string of the molecule is CCC(C)N(CC)c1c(F)cc(C(=N)N)cc1F. The topological polar surface area (TPSA) is 53.1 Å². The van der Waals surface area contributed by atoms with Crippen molar-refractivity contribution in [3.8, 4) is 0 Å². The predicted molar refractivity (Wildman–Crippen MR) is 70.1 cm³/mol. The van der Waals surface area contributed by atoms with Crippen molar-refractivity contribution in [2.24, 2.45) is 5.73 Å². The monoisotopic (exact) mass is 255 g/mol. The van der Waals surface area contributed by atoms with E-state index in [1.807, 2.05) is 20.8 Å². The van der Waals surface area contributed by atoms with Gasteiger partial charge in [-0.15, -0.1) is 0 Å². The molecule has 1 aromatic rings. The minimum absolute atomic E-state index is 0.0437. The second-order valence-electron chi connectivity index (χ2n) is 4.25. The van der Waals surface area contributed by atoms with Crippen molar-refractivity contribution >= 4 is 11.5 Å². The van der Waals surface area contributed by atoms with E-state index in [-0.39, 0.29) is 23.1 Å². The Balaban J connectivity index is 3.28. The lowest BCUT2D eigenvalue weighted by Gasteiger charge is -2.30. The third-order valence-electron chi connectivity index (χ3n) is 3.08. The molecule has 0 aliphatic heterocycles. The minimum atomic E-state index is -0.678. The number of halogens is 2. The number of hydrogen-bond acceptors (Lipinski definition) is 2. The highest BCUT2D eigenvalue weighted by atomic mass is 19.1. The second kappa shape index (κ2) is 5.80. The number of nitrogens with two attached hydrogens (primary N) is 1. The van der Waals surface area contributed by atoms with E-state index in [2.05, 4.69) is 0 Å². The van der Waals surface area contributed by atoms with E-state index in [0.29, 0.717) is 6.54 Å². The average molecular weight is 255 g/mol. The number of nitrogens with zero attached hydrogens (tertiary/aromatic N) is 1. The van der Waals surface area contributed by atoms with Crippen LogP contribution in [-0.4, -0.2) is 18.4 Å². The van der Waals surface area contributed by atoms with Gasteiger partial charge >= 0.3 is 0 Å². The first-order valence-corrected chi connectivity index (χ1v) is 6.02. The predicted octanol–water partition coefficient (Wildman–Crippen LogP) is 2.87. The van der Waals surface area contributed by atoms with Crippen LogP contribution in [0.4, 0.5) is 14.5 Å². The molecule has 5 heteroatoms. The van der Waals surface area contributed by atoms with Crippen LogP contribution in [0.1, 0.15) is 32.8 Å². The normalized spacial score (nSPS) is 12.3. The third kappa shape index (κ3) is 2.78. The van der Waals surface area contributed by atoms with Crippen molar-refractivity contribution in [2.45, 2.75) is 33.2 Å². The molecule has 0 aliphatic rings. The molecule has 0 fully saturated rings. The summed E-state index contributed by atoms with van der Waals surface area (Å²) in [5, 5.41) is 7.20. The molecule has 0 saturated heterocycles. The molecule has 0 saturated carbocycles. The largest absolute Gasteiger partial charge is 0.384 e. The molecule has 3 nitrogen and oxygen atoms in total. The lowest BCUT2D eigenvalue weighted by atomic mass is 10.1. The fraction of sp³-hybridized carbons (Fsp3) is 0.462. The Kier molecular flexibility index (Phi) is 4.64. The molecule has 0 aromatic heterocycles. The Morgan fingerprint density at radius 1 is 1.33 bits per heavy atom. The molecule has 1 rings (SSSR count). The van der Waals surface area contributed by atoms with E-state index in [0.717, 1.165) is 18.6 Å². The zero-order valence-electron chi connectivity index (χ0n) is 10.9. The Bertz CT molecular complexity index is 423. The number of benzene rings is 1. The van der Waals surface area contributed by atoms with Crippen LogP contribution in [0.3, 0.4) is 0 Å². The van der Waals surface area contributed by atoms with Crippen LogP contribution >= 0.6 is 0 Å². The summed E-state index contributed by atoms with van der Waals surface area (Å²) in [6, 6.07) is 2.25. The molecule has 0 radical (unpaired) electrons. The van der Waals surface area contributed by atoms with Gasteiger partial charge in [-0.05, 0) is 32.4 Å². The van der Waals surface area contributed by atoms with Crippen LogP contribution in [0.25, 0.3) is 0 Å². The van der Waals surface area contributed by atoms with E-state index in [9.17, 15) is 8.78 Å². The van der Waals surface area contributed by atoms with Gasteiger partial charge in [0.2, 0.25) is 0 Å². The zero-order valence-corrected chi connectivity index (χ0v) is 10.9. The molecular formula is C13H19F2N3. The van der Waals surface area contributed by atoms with Crippen LogP contribution < -0.4 is 10.6 Å². The highest BCUT2D eigenvalue weighted by Crippen LogP contribution is 2.27. The summed E-state index contributed by atoms with van der Waals surface area (Å²) in [7, 11) is 0. The Labute approximate surface area is 106 Å². The minimum Gasteiger partial charge on any atom is -0.384 e. The van der Waals surface area contributed by atoms with Crippen molar-refractivity contribution < 1.29 is 8.78 Å². The lowest BCUT2D eigenvalue weighted by Crippen LogP contribution is -2.34. The van der Waals surface area contributed by atoms with Gasteiger partial charge in [0.05, 0.1) is 0 Å². The first kappa shape index (κ1) is 14.4. The van der Waals surface area contributed by atoms with Gasteiger partial charge in [0, 0.05) is 18.2 Å². The van der Waals surface area contributed by atoms with Gasteiger partial charge < -0.3 is 10.6 Å². The maximum Gasteiger partial charge on any atom is 0.150 e. The van der Waals surface area contributed by atoms with Crippen LogP contribution in [0.5, 0.6) is 0 Å². The number of amidine groups is 1. The Morgan fingerprint density at radius 3 is 2.17 bits per heavy atom. The maximum absolute atomic E-state index is 14.0. The first-order valence-electron chi connectivity index (χ1n) is 6.02. The average Bonchev–Trinajstić information content (AvgIpc) is 2.32. The van der Waals surface area contributed by atoms with Crippen LogP contribution in [-0.2, 0) is 0 Å². The molecule has 100 valence electrons. The highest BCUT2D eigenvalue weighted by molar-refractivity contribution is 5.95. The fourth-order valence-electron chi connectivity index (χ4n) is 1.91. The van der Waals surface area contributed by atoms with Gasteiger partial charge in [0.1, 0.15) is 23.2 Å². The summed E-state index contributed by atoms with van der Waals surface area (Å²) >= 11 is 0. The number of hydrogen-bond donors (Lipinski definition) is 2. The lowest BCUT2D eigenvalue weighted by molar-refractivity contribution is 0.544. The molecule has 0 spiro atoms. The van der Waals surface area contributed by atoms with Gasteiger partial charge in [-0.25, -0.2) is 8.78 Å². The number of anilines is 1. The van der Waals surface area contributed by atoms with Crippen molar-refractivity contribution in [3.05, 3.63) is 29.3 Å². The third-order valence-corrected chi connectivity index (χ3v) is 3.08. The van der Waals surface area contributed by atoms with Crippen molar-refractivity contribution in [1.29, 1.82) is 5.41 Å². The van der Waals surface area contributed by atoms with Crippen LogP contribution in [0.15, 0.2) is 12.1 Å². The van der Waals surface area contributed by atoms with Gasteiger partial charge in [0.15, 0.2) is 0 Å². The van der Waals surface area contributed by atoms with E-state index in [4.69, 9.17) is 11.1 Å². The van der Waals surface area contributed by atoms with E-state index < -0.39 is 11.6 Å². The van der Waals surface area contributed by atoms with Crippen molar-refractivity contribution in [2.75, 3.05) is 11.4 Å². The molecule has 0 bridgehead atoms. The molecule has 18 heavy (non-hydrogen) atoms. The van der Waals surface area contributed by atoms with Gasteiger partial charge in [0.25, 0.3) is 0 Å². The smallest absolute Gasteiger partial charge is 0.150 e. The molecule has 0 amide bonds. The van der Waals surface area contributed by atoms with Gasteiger partial charge in [-0.3, -0.25) is 5.41 Å². The quantitative estimate of drug-likeness (QED) is 0.628. The van der Waals surface area contributed by atoms with Crippen LogP contribution in [0, 0.1) is 17.0 Å². The standard InChI is InChI=1S/C13H19F2N3/c1-4-8(3)18(5-2)12-10(14)6-9(13(16)17)7-11(12)15/h6-8H,4-5H2,1-3H3,(H3,16,17). The van der Waals surface area contributed by atoms with E-state index >= 15 is 0 Å². The first-order chi connectivity index (χ1) is 8.42. The molecule has 0 aliphatic carbocycles. The zero-order chi connectivity index (χ0) is 13.9. The van der Waals surface area contributed by atoms with E-state index in [1.165, 1.54) is 0 Å². The number of nitrogen functional groups attached to an aromatic ring is 1.